The van der Waals surface area contributed by atoms with Crippen molar-refractivity contribution in [1.82, 2.24) is 4.98 Å². The molecule has 1 aliphatic carbocycles. The predicted molar refractivity (Wildman–Crippen MR) is 64.5 cm³/mol. The van der Waals surface area contributed by atoms with Crippen LogP contribution in [0.3, 0.4) is 0 Å². The number of rotatable bonds is 1. The zero-order chi connectivity index (χ0) is 10.5. The summed E-state index contributed by atoms with van der Waals surface area (Å²) in [4.78, 5) is 4.52. The molecule has 3 rings (SSSR count). The fraction of sp³-hybridized carbons (Fsp3) is 0.250. The van der Waals surface area contributed by atoms with Crippen LogP contribution in [0.15, 0.2) is 34.9 Å². The number of para-hydroxylation sites is 1. The summed E-state index contributed by atoms with van der Waals surface area (Å²) in [6, 6.07) is 10.3. The summed E-state index contributed by atoms with van der Waals surface area (Å²) < 4.78 is 0.890. The smallest absolute Gasteiger partial charge is 0.111 e. The van der Waals surface area contributed by atoms with Crippen LogP contribution in [-0.2, 0) is 5.54 Å². The van der Waals surface area contributed by atoms with E-state index in [-0.39, 0.29) is 5.54 Å². The van der Waals surface area contributed by atoms with E-state index in [1.807, 2.05) is 18.2 Å². The largest absolute Gasteiger partial charge is 0.321 e. The molecule has 0 amide bonds. The van der Waals surface area contributed by atoms with E-state index in [1.165, 1.54) is 0 Å². The zero-order valence-electron chi connectivity index (χ0n) is 8.20. The van der Waals surface area contributed by atoms with Gasteiger partial charge < -0.3 is 5.73 Å². The minimum Gasteiger partial charge on any atom is -0.321 e. The Bertz CT molecular complexity index is 532. The van der Waals surface area contributed by atoms with Crippen LogP contribution < -0.4 is 5.73 Å². The number of nitrogens with two attached hydrogens (primary N) is 1. The lowest BCUT2D eigenvalue weighted by Gasteiger charge is -2.11. The summed E-state index contributed by atoms with van der Waals surface area (Å²) in [6.45, 7) is 0. The van der Waals surface area contributed by atoms with Crippen molar-refractivity contribution in [2.45, 2.75) is 18.4 Å². The second-order valence-corrected chi connectivity index (χ2v) is 4.93. The fourth-order valence-corrected chi connectivity index (χ4v) is 2.55. The number of hydrogen-bond donors (Lipinski definition) is 1. The summed E-state index contributed by atoms with van der Waals surface area (Å²) in [6.07, 6.45) is 2.12. The van der Waals surface area contributed by atoms with Crippen LogP contribution in [0.4, 0.5) is 0 Å². The molecule has 0 radical (unpaired) electrons. The van der Waals surface area contributed by atoms with E-state index < -0.39 is 0 Å². The number of aromatic nitrogens is 1. The monoisotopic (exact) mass is 262 g/mol. The maximum Gasteiger partial charge on any atom is 0.111 e. The van der Waals surface area contributed by atoms with Gasteiger partial charge >= 0.3 is 0 Å². The first kappa shape index (κ1) is 9.31. The van der Waals surface area contributed by atoms with E-state index in [0.717, 1.165) is 33.9 Å². The van der Waals surface area contributed by atoms with Gasteiger partial charge in [-0.25, -0.2) is 4.98 Å². The molecular formula is C12H11BrN2. The zero-order valence-corrected chi connectivity index (χ0v) is 9.79. The first-order valence-corrected chi connectivity index (χ1v) is 5.83. The molecule has 0 bridgehead atoms. The van der Waals surface area contributed by atoms with E-state index in [1.54, 1.807) is 0 Å². The summed E-state index contributed by atoms with van der Waals surface area (Å²) in [7, 11) is 0. The van der Waals surface area contributed by atoms with E-state index in [4.69, 9.17) is 5.73 Å². The standard InChI is InChI=1S/C12H11BrN2/c13-11-9(12(14)5-6-12)7-8-3-1-2-4-10(8)15-11/h1-4,7H,5-6,14H2. The molecular weight excluding hydrogens is 252 g/mol. The number of benzene rings is 1. The van der Waals surface area contributed by atoms with Gasteiger partial charge in [0.05, 0.1) is 5.52 Å². The molecule has 1 aliphatic rings. The van der Waals surface area contributed by atoms with Crippen LogP contribution in [0, 0.1) is 0 Å². The van der Waals surface area contributed by atoms with Crippen molar-refractivity contribution in [1.29, 1.82) is 0 Å². The molecule has 0 unspecified atom stereocenters. The molecule has 0 saturated heterocycles. The number of halogens is 1. The highest BCUT2D eigenvalue weighted by Gasteiger charge is 2.41. The van der Waals surface area contributed by atoms with Gasteiger partial charge in [0.1, 0.15) is 4.60 Å². The van der Waals surface area contributed by atoms with Crippen molar-refractivity contribution in [3.8, 4) is 0 Å². The van der Waals surface area contributed by atoms with Gasteiger partial charge in [-0.15, -0.1) is 0 Å². The Labute approximate surface area is 96.6 Å². The maximum absolute atomic E-state index is 6.19. The molecule has 0 aliphatic heterocycles. The highest BCUT2D eigenvalue weighted by Crippen LogP contribution is 2.45. The lowest BCUT2D eigenvalue weighted by molar-refractivity contribution is 0.731. The van der Waals surface area contributed by atoms with Crippen molar-refractivity contribution in [3.63, 3.8) is 0 Å². The highest BCUT2D eigenvalue weighted by molar-refractivity contribution is 9.10. The summed E-state index contributed by atoms with van der Waals surface area (Å²) in [5.74, 6) is 0. The molecule has 1 aromatic carbocycles. The van der Waals surface area contributed by atoms with Gasteiger partial charge in [-0.05, 0) is 40.9 Å². The van der Waals surface area contributed by atoms with Crippen LogP contribution in [-0.4, -0.2) is 4.98 Å². The van der Waals surface area contributed by atoms with Crippen LogP contribution in [0.25, 0.3) is 10.9 Å². The Hall–Kier alpha value is -0.930. The molecule has 0 atom stereocenters. The van der Waals surface area contributed by atoms with Gasteiger partial charge in [0, 0.05) is 16.5 Å². The van der Waals surface area contributed by atoms with Gasteiger partial charge in [-0.3, -0.25) is 0 Å². The average molecular weight is 263 g/mol. The third kappa shape index (κ3) is 1.46. The molecule has 1 heterocycles. The lowest BCUT2D eigenvalue weighted by atomic mass is 10.1. The van der Waals surface area contributed by atoms with Crippen molar-refractivity contribution in [3.05, 3.63) is 40.5 Å². The topological polar surface area (TPSA) is 38.9 Å². The summed E-state index contributed by atoms with van der Waals surface area (Å²) >= 11 is 3.50. The molecule has 2 aromatic rings. The van der Waals surface area contributed by atoms with Gasteiger partial charge in [0.25, 0.3) is 0 Å². The van der Waals surface area contributed by atoms with Gasteiger partial charge in [-0.2, -0.15) is 0 Å². The Morgan fingerprint density at radius 2 is 2.00 bits per heavy atom. The Morgan fingerprint density at radius 1 is 1.27 bits per heavy atom. The van der Waals surface area contributed by atoms with Crippen molar-refractivity contribution >= 4 is 26.8 Å². The Balaban J connectivity index is 2.27. The number of nitrogens with zero attached hydrogens (tertiary/aromatic N) is 1. The molecule has 1 aromatic heterocycles. The van der Waals surface area contributed by atoms with Crippen molar-refractivity contribution < 1.29 is 0 Å². The molecule has 1 fully saturated rings. The van der Waals surface area contributed by atoms with E-state index in [9.17, 15) is 0 Å². The van der Waals surface area contributed by atoms with Crippen molar-refractivity contribution in [2.24, 2.45) is 5.73 Å². The minimum absolute atomic E-state index is 0.129. The summed E-state index contributed by atoms with van der Waals surface area (Å²) in [5.41, 5.74) is 8.21. The molecule has 0 spiro atoms. The maximum atomic E-state index is 6.19. The summed E-state index contributed by atoms with van der Waals surface area (Å²) in [5, 5.41) is 1.16. The fourth-order valence-electron chi connectivity index (χ4n) is 1.85. The van der Waals surface area contributed by atoms with E-state index in [0.29, 0.717) is 0 Å². The van der Waals surface area contributed by atoms with Gasteiger partial charge in [-0.1, -0.05) is 18.2 Å². The normalized spacial score (nSPS) is 18.0. The van der Waals surface area contributed by atoms with Gasteiger partial charge in [0.15, 0.2) is 0 Å². The molecule has 2 nitrogen and oxygen atoms in total. The second-order valence-electron chi connectivity index (χ2n) is 4.18. The Morgan fingerprint density at radius 3 is 2.73 bits per heavy atom. The van der Waals surface area contributed by atoms with Crippen LogP contribution in [0.2, 0.25) is 0 Å². The molecule has 1 saturated carbocycles. The van der Waals surface area contributed by atoms with E-state index >= 15 is 0 Å². The molecule has 76 valence electrons. The third-order valence-corrected chi connectivity index (χ3v) is 3.61. The molecule has 15 heavy (non-hydrogen) atoms. The predicted octanol–water partition coefficient (Wildman–Crippen LogP) is 2.95. The molecule has 2 N–H and O–H groups in total. The second kappa shape index (κ2) is 3.03. The quantitative estimate of drug-likeness (QED) is 0.803. The number of fused-ring (bicyclic) bond motifs is 1. The first-order valence-electron chi connectivity index (χ1n) is 5.04. The SMILES string of the molecule is NC1(c2cc3ccccc3nc2Br)CC1. The van der Waals surface area contributed by atoms with Gasteiger partial charge in [0.2, 0.25) is 0 Å². The lowest BCUT2D eigenvalue weighted by Crippen LogP contribution is -2.19. The molecule has 3 heteroatoms. The van der Waals surface area contributed by atoms with Crippen LogP contribution in [0.1, 0.15) is 18.4 Å². The van der Waals surface area contributed by atoms with Crippen LogP contribution >= 0.6 is 15.9 Å². The highest BCUT2D eigenvalue weighted by atomic mass is 79.9. The first-order chi connectivity index (χ1) is 7.19. The minimum atomic E-state index is -0.129. The Kier molecular flexibility index (Phi) is 1.88. The average Bonchev–Trinajstić information content (AvgIpc) is 2.96. The number of hydrogen-bond acceptors (Lipinski definition) is 2. The number of pyridine rings is 1. The van der Waals surface area contributed by atoms with E-state index in [2.05, 4.69) is 33.0 Å². The van der Waals surface area contributed by atoms with Crippen LogP contribution in [0.5, 0.6) is 0 Å². The third-order valence-electron chi connectivity index (χ3n) is 3.00. The van der Waals surface area contributed by atoms with Crippen molar-refractivity contribution in [2.75, 3.05) is 0 Å².